The Labute approximate surface area is 58.5 Å². The number of rotatable bonds is 1. The lowest BCUT2D eigenvalue weighted by molar-refractivity contribution is 0.955. The van der Waals surface area contributed by atoms with E-state index < -0.39 is 0 Å². The number of hydrogen-bond acceptors (Lipinski definition) is 3. The van der Waals surface area contributed by atoms with Gasteiger partial charge in [-0.15, -0.1) is 0 Å². The molecule has 1 heterocycles. The molecule has 0 radical (unpaired) electrons. The topological polar surface area (TPSA) is 49.0 Å². The standard InChI is InChI=1S/C6H9N3O/c1-9(2)6-3-5(10)4-7-8-6/h3-4H,1-2H3,(H,8,10). The molecular weight excluding hydrogens is 130 g/mol. The highest BCUT2D eigenvalue weighted by Gasteiger charge is 1.93. The average Bonchev–Trinajstić information content (AvgIpc) is 1.88. The van der Waals surface area contributed by atoms with Crippen LogP contribution in [0.1, 0.15) is 0 Å². The number of hydrogen-bond donors (Lipinski definition) is 1. The highest BCUT2D eigenvalue weighted by Crippen LogP contribution is 1.97. The molecule has 1 aromatic heterocycles. The van der Waals surface area contributed by atoms with Crippen molar-refractivity contribution in [2.75, 3.05) is 19.0 Å². The van der Waals surface area contributed by atoms with E-state index in [0.717, 1.165) is 0 Å². The van der Waals surface area contributed by atoms with Gasteiger partial charge in [0.15, 0.2) is 0 Å². The molecule has 0 bridgehead atoms. The lowest BCUT2D eigenvalue weighted by Crippen LogP contribution is -2.14. The van der Waals surface area contributed by atoms with Crippen LogP contribution in [0.4, 0.5) is 5.82 Å². The second-order valence-corrected chi connectivity index (χ2v) is 2.20. The molecule has 0 spiro atoms. The zero-order chi connectivity index (χ0) is 7.56. The number of H-pyrrole nitrogens is 1. The summed E-state index contributed by atoms with van der Waals surface area (Å²) in [6.45, 7) is 0. The fourth-order valence-electron chi connectivity index (χ4n) is 0.595. The molecule has 54 valence electrons. The van der Waals surface area contributed by atoms with Gasteiger partial charge >= 0.3 is 0 Å². The van der Waals surface area contributed by atoms with E-state index in [0.29, 0.717) is 5.82 Å². The SMILES string of the molecule is CN(C)c1cc(=O)cn[nH]1. The number of aromatic nitrogens is 2. The molecule has 4 nitrogen and oxygen atoms in total. The quantitative estimate of drug-likeness (QED) is 0.588. The lowest BCUT2D eigenvalue weighted by atomic mass is 10.5. The molecule has 0 aliphatic carbocycles. The van der Waals surface area contributed by atoms with Crippen molar-refractivity contribution < 1.29 is 0 Å². The molecular formula is C6H9N3O. The third-order valence-electron chi connectivity index (χ3n) is 1.13. The van der Waals surface area contributed by atoms with Gasteiger partial charge in [-0.1, -0.05) is 0 Å². The predicted octanol–water partition coefficient (Wildman–Crippen LogP) is -0.164. The first kappa shape index (κ1) is 6.80. The molecule has 0 aliphatic heterocycles. The number of anilines is 1. The Morgan fingerprint density at radius 1 is 1.60 bits per heavy atom. The molecule has 0 amide bonds. The maximum atomic E-state index is 10.7. The summed E-state index contributed by atoms with van der Waals surface area (Å²) in [5, 5.41) is 6.31. The smallest absolute Gasteiger partial charge is 0.202 e. The van der Waals surface area contributed by atoms with Crippen molar-refractivity contribution in [3.05, 3.63) is 22.5 Å². The van der Waals surface area contributed by atoms with Crippen LogP contribution in [0.5, 0.6) is 0 Å². The predicted molar refractivity (Wildman–Crippen MR) is 39.2 cm³/mol. The zero-order valence-electron chi connectivity index (χ0n) is 5.96. The summed E-state index contributed by atoms with van der Waals surface area (Å²) in [6, 6.07) is 1.49. The van der Waals surface area contributed by atoms with E-state index in [1.807, 2.05) is 14.1 Å². The monoisotopic (exact) mass is 139 g/mol. The van der Waals surface area contributed by atoms with E-state index >= 15 is 0 Å². The molecule has 0 aromatic carbocycles. The molecule has 10 heavy (non-hydrogen) atoms. The third kappa shape index (κ3) is 1.34. The van der Waals surface area contributed by atoms with Crippen molar-refractivity contribution in [1.29, 1.82) is 0 Å². The Balaban J connectivity index is 3.07. The molecule has 0 fully saturated rings. The highest BCUT2D eigenvalue weighted by atomic mass is 16.1. The molecule has 1 rings (SSSR count). The van der Waals surface area contributed by atoms with Crippen molar-refractivity contribution in [3.63, 3.8) is 0 Å². The van der Waals surface area contributed by atoms with Crippen LogP contribution in [-0.2, 0) is 0 Å². The second kappa shape index (κ2) is 2.51. The van der Waals surface area contributed by atoms with Crippen LogP contribution in [-0.4, -0.2) is 24.3 Å². The van der Waals surface area contributed by atoms with Crippen molar-refractivity contribution in [2.45, 2.75) is 0 Å². The first-order chi connectivity index (χ1) is 4.70. The normalized spacial score (nSPS) is 9.40. The molecule has 0 atom stereocenters. The molecule has 0 saturated heterocycles. The maximum absolute atomic E-state index is 10.7. The summed E-state index contributed by atoms with van der Waals surface area (Å²) in [5.41, 5.74) is -0.0811. The van der Waals surface area contributed by atoms with Gasteiger partial charge in [0.05, 0.1) is 6.20 Å². The van der Waals surface area contributed by atoms with Crippen LogP contribution in [0.15, 0.2) is 17.1 Å². The third-order valence-corrected chi connectivity index (χ3v) is 1.13. The molecule has 1 N–H and O–H groups in total. The van der Waals surface area contributed by atoms with Crippen LogP contribution in [0.3, 0.4) is 0 Å². The van der Waals surface area contributed by atoms with E-state index in [9.17, 15) is 4.79 Å². The van der Waals surface area contributed by atoms with Crippen molar-refractivity contribution in [2.24, 2.45) is 0 Å². The lowest BCUT2D eigenvalue weighted by Gasteiger charge is -2.09. The Morgan fingerprint density at radius 2 is 2.30 bits per heavy atom. The van der Waals surface area contributed by atoms with Gasteiger partial charge in [-0.2, -0.15) is 5.10 Å². The van der Waals surface area contributed by atoms with Crippen molar-refractivity contribution in [3.8, 4) is 0 Å². The maximum Gasteiger partial charge on any atom is 0.202 e. The summed E-state index contributed by atoms with van der Waals surface area (Å²) in [6.07, 6.45) is 1.24. The van der Waals surface area contributed by atoms with E-state index in [1.165, 1.54) is 12.3 Å². The summed E-state index contributed by atoms with van der Waals surface area (Å²) >= 11 is 0. The Kier molecular flexibility index (Phi) is 1.71. The summed E-state index contributed by atoms with van der Waals surface area (Å²) in [4.78, 5) is 12.5. The minimum Gasteiger partial charge on any atom is -0.363 e. The van der Waals surface area contributed by atoms with Crippen molar-refractivity contribution >= 4 is 5.82 Å². The van der Waals surface area contributed by atoms with Gasteiger partial charge in [0, 0.05) is 20.2 Å². The zero-order valence-corrected chi connectivity index (χ0v) is 5.96. The van der Waals surface area contributed by atoms with Gasteiger partial charge in [0.2, 0.25) is 5.43 Å². The molecule has 4 heteroatoms. The highest BCUT2D eigenvalue weighted by molar-refractivity contribution is 5.33. The van der Waals surface area contributed by atoms with Gasteiger partial charge in [0.25, 0.3) is 0 Å². The molecule has 1 aromatic rings. The molecule has 0 aliphatic rings. The largest absolute Gasteiger partial charge is 0.363 e. The van der Waals surface area contributed by atoms with Crippen LogP contribution in [0, 0.1) is 0 Å². The summed E-state index contributed by atoms with van der Waals surface area (Å²) < 4.78 is 0. The molecule has 0 saturated carbocycles. The first-order valence-electron chi connectivity index (χ1n) is 2.92. The number of aromatic amines is 1. The van der Waals surface area contributed by atoms with E-state index in [4.69, 9.17) is 0 Å². The van der Waals surface area contributed by atoms with E-state index in [1.54, 1.807) is 4.90 Å². The summed E-state index contributed by atoms with van der Waals surface area (Å²) in [5.74, 6) is 0.715. The van der Waals surface area contributed by atoms with Crippen LogP contribution in [0.25, 0.3) is 0 Å². The van der Waals surface area contributed by atoms with Crippen LogP contribution < -0.4 is 10.3 Å². The van der Waals surface area contributed by atoms with E-state index in [-0.39, 0.29) is 5.43 Å². The van der Waals surface area contributed by atoms with Gasteiger partial charge in [0.1, 0.15) is 5.82 Å². The van der Waals surface area contributed by atoms with Gasteiger partial charge < -0.3 is 4.90 Å². The Hall–Kier alpha value is -1.32. The Morgan fingerprint density at radius 3 is 2.70 bits per heavy atom. The van der Waals surface area contributed by atoms with Crippen molar-refractivity contribution in [1.82, 2.24) is 10.2 Å². The van der Waals surface area contributed by atoms with Gasteiger partial charge in [-0.3, -0.25) is 9.89 Å². The van der Waals surface area contributed by atoms with Crippen LogP contribution >= 0.6 is 0 Å². The van der Waals surface area contributed by atoms with Gasteiger partial charge in [-0.05, 0) is 0 Å². The second-order valence-electron chi connectivity index (χ2n) is 2.20. The Bertz CT molecular complexity index is 266. The fourth-order valence-corrected chi connectivity index (χ4v) is 0.595. The van der Waals surface area contributed by atoms with E-state index in [2.05, 4.69) is 10.2 Å². The average molecular weight is 139 g/mol. The summed E-state index contributed by atoms with van der Waals surface area (Å²) in [7, 11) is 3.68. The van der Waals surface area contributed by atoms with Crippen LogP contribution in [0.2, 0.25) is 0 Å². The number of nitrogens with one attached hydrogen (secondary N) is 1. The number of nitrogens with zero attached hydrogens (tertiary/aromatic N) is 2. The first-order valence-corrected chi connectivity index (χ1v) is 2.92. The minimum atomic E-state index is -0.0811. The fraction of sp³-hybridized carbons (Fsp3) is 0.333. The van der Waals surface area contributed by atoms with Gasteiger partial charge in [-0.25, -0.2) is 0 Å². The minimum absolute atomic E-state index is 0.0811. The molecule has 0 unspecified atom stereocenters.